The van der Waals surface area contributed by atoms with Crippen LogP contribution < -0.4 is 15.2 Å². The third kappa shape index (κ3) is 4.18. The van der Waals surface area contributed by atoms with Crippen LogP contribution in [0.1, 0.15) is 32.3 Å². The Morgan fingerprint density at radius 1 is 1.39 bits per heavy atom. The van der Waals surface area contributed by atoms with E-state index in [-0.39, 0.29) is 0 Å². The predicted molar refractivity (Wildman–Crippen MR) is 78.2 cm³/mol. The van der Waals surface area contributed by atoms with Crippen LogP contribution in [0.5, 0.6) is 11.5 Å². The molecule has 0 saturated carbocycles. The van der Waals surface area contributed by atoms with Gasteiger partial charge in [-0.2, -0.15) is 0 Å². The summed E-state index contributed by atoms with van der Waals surface area (Å²) in [4.78, 5) is 0. The minimum absolute atomic E-state index is 0.488. The summed E-state index contributed by atoms with van der Waals surface area (Å²) in [6.07, 6.45) is 2.34. The number of rotatable bonds is 7. The van der Waals surface area contributed by atoms with Crippen LogP contribution in [0.2, 0.25) is 0 Å². The third-order valence-electron chi connectivity index (χ3n) is 2.82. The molecule has 1 aromatic rings. The molecule has 18 heavy (non-hydrogen) atoms. The van der Waals surface area contributed by atoms with Crippen molar-refractivity contribution >= 4 is 15.9 Å². The Labute approximate surface area is 118 Å². The first-order chi connectivity index (χ1) is 8.62. The van der Waals surface area contributed by atoms with E-state index in [1.165, 1.54) is 12.8 Å². The Kier molecular flexibility index (Phi) is 6.50. The van der Waals surface area contributed by atoms with Gasteiger partial charge in [0, 0.05) is 6.54 Å². The summed E-state index contributed by atoms with van der Waals surface area (Å²) in [6.45, 7) is 5.56. The molecule has 0 aliphatic heterocycles. The Hall–Kier alpha value is -0.740. The van der Waals surface area contributed by atoms with Crippen LogP contribution in [-0.4, -0.2) is 13.7 Å². The highest BCUT2D eigenvalue weighted by Gasteiger charge is 2.12. The molecule has 0 heterocycles. The molecule has 0 fully saturated rings. The second kappa shape index (κ2) is 7.64. The van der Waals surface area contributed by atoms with Crippen molar-refractivity contribution in [2.75, 3.05) is 13.7 Å². The lowest BCUT2D eigenvalue weighted by molar-refractivity contribution is 0.239. The van der Waals surface area contributed by atoms with Gasteiger partial charge in [0.15, 0.2) is 11.5 Å². The molecule has 0 saturated heterocycles. The van der Waals surface area contributed by atoms with Crippen molar-refractivity contribution in [3.05, 3.63) is 22.2 Å². The zero-order valence-corrected chi connectivity index (χ0v) is 12.9. The molecule has 0 bridgehead atoms. The molecule has 0 spiro atoms. The number of nitrogens with two attached hydrogens (primary N) is 1. The monoisotopic (exact) mass is 315 g/mol. The van der Waals surface area contributed by atoms with Gasteiger partial charge in [0.05, 0.1) is 18.2 Å². The van der Waals surface area contributed by atoms with Crippen molar-refractivity contribution < 1.29 is 9.47 Å². The van der Waals surface area contributed by atoms with Gasteiger partial charge in [0.1, 0.15) is 0 Å². The summed E-state index contributed by atoms with van der Waals surface area (Å²) in [5, 5.41) is 0. The summed E-state index contributed by atoms with van der Waals surface area (Å²) < 4.78 is 12.1. The number of halogens is 1. The Morgan fingerprint density at radius 3 is 2.67 bits per heavy atom. The zero-order valence-electron chi connectivity index (χ0n) is 11.3. The van der Waals surface area contributed by atoms with E-state index >= 15 is 0 Å². The van der Waals surface area contributed by atoms with Gasteiger partial charge >= 0.3 is 0 Å². The fraction of sp³-hybridized carbons (Fsp3) is 0.571. The first-order valence-electron chi connectivity index (χ1n) is 6.31. The number of methoxy groups -OCH3 is 1. The molecular formula is C14H22BrNO2. The van der Waals surface area contributed by atoms with Crippen molar-refractivity contribution in [3.8, 4) is 11.5 Å². The highest BCUT2D eigenvalue weighted by molar-refractivity contribution is 9.10. The van der Waals surface area contributed by atoms with Crippen LogP contribution in [0.15, 0.2) is 16.6 Å². The van der Waals surface area contributed by atoms with E-state index < -0.39 is 0 Å². The fourth-order valence-electron chi connectivity index (χ4n) is 1.83. The second-order valence-corrected chi connectivity index (χ2v) is 5.37. The van der Waals surface area contributed by atoms with E-state index in [1.54, 1.807) is 7.11 Å². The van der Waals surface area contributed by atoms with E-state index in [0.29, 0.717) is 19.1 Å². The van der Waals surface area contributed by atoms with E-state index in [2.05, 4.69) is 29.8 Å². The molecule has 3 nitrogen and oxygen atoms in total. The highest BCUT2D eigenvalue weighted by Crippen LogP contribution is 2.36. The maximum atomic E-state index is 5.86. The van der Waals surface area contributed by atoms with E-state index in [1.807, 2.05) is 12.1 Å². The molecule has 1 unspecified atom stereocenters. The molecule has 1 atom stereocenters. The Morgan fingerprint density at radius 2 is 2.11 bits per heavy atom. The largest absolute Gasteiger partial charge is 0.493 e. The van der Waals surface area contributed by atoms with E-state index in [4.69, 9.17) is 15.2 Å². The van der Waals surface area contributed by atoms with Gasteiger partial charge in [0.2, 0.25) is 0 Å². The van der Waals surface area contributed by atoms with Gasteiger partial charge in [-0.3, -0.25) is 0 Å². The quantitative estimate of drug-likeness (QED) is 0.833. The van der Waals surface area contributed by atoms with Gasteiger partial charge < -0.3 is 15.2 Å². The number of hydrogen-bond acceptors (Lipinski definition) is 3. The molecule has 0 aromatic heterocycles. The summed E-state index contributed by atoms with van der Waals surface area (Å²) in [5.74, 6) is 2.03. The van der Waals surface area contributed by atoms with Crippen molar-refractivity contribution in [3.63, 3.8) is 0 Å². The average Bonchev–Trinajstić information content (AvgIpc) is 2.36. The highest BCUT2D eigenvalue weighted by atomic mass is 79.9. The van der Waals surface area contributed by atoms with Crippen molar-refractivity contribution in [1.29, 1.82) is 0 Å². The lowest BCUT2D eigenvalue weighted by Gasteiger charge is -2.16. The summed E-state index contributed by atoms with van der Waals surface area (Å²) in [6, 6.07) is 3.90. The summed E-state index contributed by atoms with van der Waals surface area (Å²) in [5.41, 5.74) is 6.66. The van der Waals surface area contributed by atoms with Crippen molar-refractivity contribution in [1.82, 2.24) is 0 Å². The number of benzene rings is 1. The van der Waals surface area contributed by atoms with Gasteiger partial charge in [-0.25, -0.2) is 0 Å². The molecule has 1 aromatic carbocycles. The average molecular weight is 316 g/mol. The van der Waals surface area contributed by atoms with Crippen LogP contribution in [-0.2, 0) is 6.54 Å². The zero-order chi connectivity index (χ0) is 13.5. The molecule has 2 N–H and O–H groups in total. The molecule has 102 valence electrons. The van der Waals surface area contributed by atoms with Gasteiger partial charge in [-0.05, 0) is 46.0 Å². The third-order valence-corrected chi connectivity index (χ3v) is 3.41. The first-order valence-corrected chi connectivity index (χ1v) is 7.10. The van der Waals surface area contributed by atoms with Gasteiger partial charge in [-0.15, -0.1) is 0 Å². The van der Waals surface area contributed by atoms with E-state index in [0.717, 1.165) is 21.5 Å². The fourth-order valence-corrected chi connectivity index (χ4v) is 2.44. The van der Waals surface area contributed by atoms with E-state index in [9.17, 15) is 0 Å². The topological polar surface area (TPSA) is 44.5 Å². The van der Waals surface area contributed by atoms with Gasteiger partial charge in [-0.1, -0.05) is 20.3 Å². The van der Waals surface area contributed by atoms with Crippen LogP contribution in [0, 0.1) is 5.92 Å². The lowest BCUT2D eigenvalue weighted by Crippen LogP contribution is -2.09. The second-order valence-electron chi connectivity index (χ2n) is 4.52. The van der Waals surface area contributed by atoms with Crippen LogP contribution in [0.25, 0.3) is 0 Å². The summed E-state index contributed by atoms with van der Waals surface area (Å²) in [7, 11) is 1.64. The minimum Gasteiger partial charge on any atom is -0.493 e. The molecule has 1 rings (SSSR count). The smallest absolute Gasteiger partial charge is 0.175 e. The summed E-state index contributed by atoms with van der Waals surface area (Å²) >= 11 is 3.51. The normalized spacial score (nSPS) is 12.3. The molecule has 4 heteroatoms. The Balaban J connectivity index is 2.81. The van der Waals surface area contributed by atoms with Crippen molar-refractivity contribution in [2.45, 2.75) is 33.2 Å². The molecule has 0 aliphatic carbocycles. The maximum absolute atomic E-state index is 5.86. The molecule has 0 aliphatic rings. The van der Waals surface area contributed by atoms with Crippen LogP contribution >= 0.6 is 15.9 Å². The lowest BCUT2D eigenvalue weighted by atomic mass is 10.1. The number of ether oxygens (including phenoxy) is 2. The van der Waals surface area contributed by atoms with Crippen LogP contribution in [0.4, 0.5) is 0 Å². The first kappa shape index (κ1) is 15.3. The molecular weight excluding hydrogens is 294 g/mol. The number of hydrogen-bond donors (Lipinski definition) is 1. The van der Waals surface area contributed by atoms with Crippen molar-refractivity contribution in [2.24, 2.45) is 11.7 Å². The maximum Gasteiger partial charge on any atom is 0.175 e. The SMILES string of the molecule is CCCC(C)COc1c(Br)cc(CN)cc1OC. The Bertz CT molecular complexity index is 382. The molecule has 0 amide bonds. The minimum atomic E-state index is 0.488. The molecule has 0 radical (unpaired) electrons. The van der Waals surface area contributed by atoms with Crippen LogP contribution in [0.3, 0.4) is 0 Å². The standard InChI is InChI=1S/C14H22BrNO2/c1-4-5-10(2)9-18-14-12(15)6-11(8-16)7-13(14)17-3/h6-7,10H,4-5,8-9,16H2,1-3H3. The predicted octanol–water partition coefficient (Wildman–Crippen LogP) is 3.73. The van der Waals surface area contributed by atoms with Gasteiger partial charge in [0.25, 0.3) is 0 Å².